The van der Waals surface area contributed by atoms with Crippen LogP contribution in [-0.2, 0) is 10.8 Å². The smallest absolute Gasteiger partial charge is 0.0467 e. The fourth-order valence-electron chi connectivity index (χ4n) is 7.65. The molecule has 0 unspecified atom stereocenters. The molecule has 0 bridgehead atoms. The molecule has 0 N–H and O–H groups in total. The Bertz CT molecular complexity index is 2260. The minimum absolute atomic E-state index is 0.184. The molecule has 0 fully saturated rings. The van der Waals surface area contributed by atoms with Gasteiger partial charge in [-0.05, 0) is 121 Å². The average Bonchev–Trinajstić information content (AvgIpc) is 3.14. The molecule has 0 aliphatic heterocycles. The van der Waals surface area contributed by atoms with E-state index in [4.69, 9.17) is 0 Å². The van der Waals surface area contributed by atoms with Gasteiger partial charge in [0.15, 0.2) is 0 Å². The van der Waals surface area contributed by atoms with Crippen molar-refractivity contribution < 1.29 is 0 Å². The zero-order chi connectivity index (χ0) is 33.6. The molecule has 0 spiro atoms. The summed E-state index contributed by atoms with van der Waals surface area (Å²) >= 11 is 0. The van der Waals surface area contributed by atoms with Crippen LogP contribution in [0.15, 0.2) is 164 Å². The van der Waals surface area contributed by atoms with Gasteiger partial charge in [0.25, 0.3) is 0 Å². The summed E-state index contributed by atoms with van der Waals surface area (Å²) in [6.45, 7) is 9.63. The average molecular weight is 634 g/mol. The van der Waals surface area contributed by atoms with E-state index in [9.17, 15) is 0 Å². The van der Waals surface area contributed by atoms with E-state index in [0.29, 0.717) is 0 Å². The van der Waals surface area contributed by atoms with Crippen molar-refractivity contribution in [1.29, 1.82) is 0 Å². The van der Waals surface area contributed by atoms with E-state index in [2.05, 4.69) is 196 Å². The zero-order valence-corrected chi connectivity index (χ0v) is 28.9. The van der Waals surface area contributed by atoms with E-state index in [0.717, 1.165) is 17.1 Å². The van der Waals surface area contributed by atoms with Crippen LogP contribution in [0.2, 0.25) is 0 Å². The maximum atomic E-state index is 2.48. The SMILES string of the molecule is CC1(C)CCC(C)(C)c2cc3cc(-c4cccc(N(c5ccccc5)c5cccc(-c6ccc(-c7ccccc7)cc6)c5)c4)ccc3cc21. The lowest BCUT2D eigenvalue weighted by atomic mass is 9.63. The second kappa shape index (κ2) is 12.2. The first-order valence-corrected chi connectivity index (χ1v) is 17.6. The second-order valence-corrected chi connectivity index (χ2v) is 14.9. The molecular formula is C48H43N. The van der Waals surface area contributed by atoms with Gasteiger partial charge < -0.3 is 4.90 Å². The predicted octanol–water partition coefficient (Wildman–Crippen LogP) is 13.7. The molecule has 8 rings (SSSR count). The number of anilines is 3. The summed E-state index contributed by atoms with van der Waals surface area (Å²) in [4.78, 5) is 2.37. The van der Waals surface area contributed by atoms with Gasteiger partial charge in [-0.15, -0.1) is 0 Å². The second-order valence-electron chi connectivity index (χ2n) is 14.9. The molecule has 0 amide bonds. The van der Waals surface area contributed by atoms with Crippen LogP contribution >= 0.6 is 0 Å². The Morgan fingerprint density at radius 3 is 1.35 bits per heavy atom. The molecule has 1 nitrogen and oxygen atoms in total. The lowest BCUT2D eigenvalue weighted by molar-refractivity contribution is 0.332. The highest BCUT2D eigenvalue weighted by Crippen LogP contribution is 2.47. The molecule has 0 saturated carbocycles. The molecule has 49 heavy (non-hydrogen) atoms. The van der Waals surface area contributed by atoms with Crippen LogP contribution in [0.5, 0.6) is 0 Å². The molecule has 1 heteroatoms. The number of rotatable bonds is 6. The van der Waals surface area contributed by atoms with Gasteiger partial charge in [0, 0.05) is 17.1 Å². The van der Waals surface area contributed by atoms with Crippen LogP contribution < -0.4 is 4.90 Å². The van der Waals surface area contributed by atoms with Crippen LogP contribution in [0, 0.1) is 0 Å². The molecular weight excluding hydrogens is 591 g/mol. The third-order valence-corrected chi connectivity index (χ3v) is 10.7. The highest BCUT2D eigenvalue weighted by atomic mass is 15.1. The highest BCUT2D eigenvalue weighted by Gasteiger charge is 2.37. The minimum atomic E-state index is 0.184. The topological polar surface area (TPSA) is 3.24 Å². The highest BCUT2D eigenvalue weighted by molar-refractivity contribution is 5.90. The van der Waals surface area contributed by atoms with Gasteiger partial charge in [-0.25, -0.2) is 0 Å². The van der Waals surface area contributed by atoms with E-state index < -0.39 is 0 Å². The van der Waals surface area contributed by atoms with Crippen LogP contribution in [0.1, 0.15) is 51.7 Å². The predicted molar refractivity (Wildman–Crippen MR) is 210 cm³/mol. The third kappa shape index (κ3) is 5.95. The summed E-state index contributed by atoms with van der Waals surface area (Å²) in [5, 5.41) is 2.64. The van der Waals surface area contributed by atoms with Gasteiger partial charge >= 0.3 is 0 Å². The van der Waals surface area contributed by atoms with Crippen molar-refractivity contribution in [3.05, 3.63) is 175 Å². The van der Waals surface area contributed by atoms with Gasteiger partial charge in [0.2, 0.25) is 0 Å². The largest absolute Gasteiger partial charge is 0.310 e. The molecule has 0 saturated heterocycles. The summed E-state index contributed by atoms with van der Waals surface area (Å²) in [6, 6.07) is 60.0. The van der Waals surface area contributed by atoms with Gasteiger partial charge in [-0.1, -0.05) is 149 Å². The maximum Gasteiger partial charge on any atom is 0.0467 e. The van der Waals surface area contributed by atoms with Crippen molar-refractivity contribution >= 4 is 27.8 Å². The Hall–Kier alpha value is -5.40. The summed E-state index contributed by atoms with van der Waals surface area (Å²) in [6.07, 6.45) is 2.44. The number of benzene rings is 7. The maximum absolute atomic E-state index is 2.48. The first kappa shape index (κ1) is 30.9. The van der Waals surface area contributed by atoms with Gasteiger partial charge in [-0.3, -0.25) is 0 Å². The first-order valence-electron chi connectivity index (χ1n) is 17.6. The minimum Gasteiger partial charge on any atom is -0.310 e. The van der Waals surface area contributed by atoms with E-state index >= 15 is 0 Å². The monoisotopic (exact) mass is 633 g/mol. The van der Waals surface area contributed by atoms with E-state index in [-0.39, 0.29) is 10.8 Å². The van der Waals surface area contributed by atoms with Crippen LogP contribution in [0.4, 0.5) is 17.1 Å². The van der Waals surface area contributed by atoms with Gasteiger partial charge in [0.05, 0.1) is 0 Å². The molecule has 7 aromatic rings. The Morgan fingerprint density at radius 2 is 0.755 bits per heavy atom. The third-order valence-electron chi connectivity index (χ3n) is 10.7. The fourth-order valence-corrected chi connectivity index (χ4v) is 7.65. The molecule has 0 radical (unpaired) electrons. The van der Waals surface area contributed by atoms with Crippen LogP contribution in [0.25, 0.3) is 44.2 Å². The van der Waals surface area contributed by atoms with Gasteiger partial charge in [-0.2, -0.15) is 0 Å². The van der Waals surface area contributed by atoms with Crippen molar-refractivity contribution in [1.82, 2.24) is 0 Å². The summed E-state index contributed by atoms with van der Waals surface area (Å²) in [5.41, 5.74) is 14.1. The van der Waals surface area contributed by atoms with Gasteiger partial charge in [0.1, 0.15) is 0 Å². The molecule has 1 aliphatic carbocycles. The number of hydrogen-bond acceptors (Lipinski definition) is 1. The zero-order valence-electron chi connectivity index (χ0n) is 28.9. The van der Waals surface area contributed by atoms with Crippen molar-refractivity contribution in [3.63, 3.8) is 0 Å². The number of hydrogen-bond donors (Lipinski definition) is 0. The van der Waals surface area contributed by atoms with Crippen molar-refractivity contribution in [2.45, 2.75) is 51.4 Å². The normalized spacial score (nSPS) is 14.7. The van der Waals surface area contributed by atoms with Crippen LogP contribution in [-0.4, -0.2) is 0 Å². The molecule has 0 aromatic heterocycles. The lowest BCUT2D eigenvalue weighted by Gasteiger charge is -2.42. The van der Waals surface area contributed by atoms with E-state index in [1.54, 1.807) is 0 Å². The fraction of sp³-hybridized carbons (Fsp3) is 0.167. The summed E-state index contributed by atoms with van der Waals surface area (Å²) in [5.74, 6) is 0. The number of nitrogens with zero attached hydrogens (tertiary/aromatic N) is 1. The summed E-state index contributed by atoms with van der Waals surface area (Å²) in [7, 11) is 0. The molecule has 0 atom stereocenters. The quantitative estimate of drug-likeness (QED) is 0.176. The van der Waals surface area contributed by atoms with Crippen molar-refractivity contribution in [2.24, 2.45) is 0 Å². The molecule has 0 heterocycles. The Morgan fingerprint density at radius 1 is 0.347 bits per heavy atom. The first-order chi connectivity index (χ1) is 23.7. The van der Waals surface area contributed by atoms with E-state index in [1.165, 1.54) is 68.1 Å². The van der Waals surface area contributed by atoms with Crippen molar-refractivity contribution in [3.8, 4) is 33.4 Å². The Labute approximate surface area is 291 Å². The summed E-state index contributed by atoms with van der Waals surface area (Å²) < 4.78 is 0. The Kier molecular flexibility index (Phi) is 7.72. The lowest BCUT2D eigenvalue weighted by Crippen LogP contribution is -2.33. The Balaban J connectivity index is 1.18. The number of para-hydroxylation sites is 1. The van der Waals surface area contributed by atoms with Crippen molar-refractivity contribution in [2.75, 3.05) is 4.90 Å². The standard InChI is InChI=1S/C48H43N/c1-47(2)27-28-48(3,4)46-33-41-29-39(25-26-40(41)32-45(46)47)38-16-12-20-44(31-38)49(42-17-9-6-10-18-42)43-19-11-15-37(30-43)36-23-21-35(22-24-36)34-13-7-5-8-14-34/h5-26,29-33H,27-28H2,1-4H3. The van der Waals surface area contributed by atoms with Crippen LogP contribution in [0.3, 0.4) is 0 Å². The molecule has 7 aromatic carbocycles. The molecule has 240 valence electrons. The molecule has 1 aliphatic rings. The number of fused-ring (bicyclic) bond motifs is 2. The van der Waals surface area contributed by atoms with E-state index in [1.807, 2.05) is 0 Å².